The van der Waals surface area contributed by atoms with Gasteiger partial charge in [-0.05, 0) is 33.3 Å². The molecule has 1 rings (SSSR count). The first-order valence-electron chi connectivity index (χ1n) is 6.85. The minimum absolute atomic E-state index is 0.0139. The SMILES string of the molecule is CCCC(C)C(=O)NCC(C)(O)c1cc(C)oc1C. The molecule has 4 nitrogen and oxygen atoms in total. The first kappa shape index (κ1) is 15.8. The lowest BCUT2D eigenvalue weighted by atomic mass is 9.95. The van der Waals surface area contributed by atoms with Crippen LogP contribution in [0.5, 0.6) is 0 Å². The Hall–Kier alpha value is -1.29. The first-order chi connectivity index (χ1) is 8.77. The van der Waals surface area contributed by atoms with E-state index in [-0.39, 0.29) is 18.4 Å². The number of aryl methyl sites for hydroxylation is 2. The quantitative estimate of drug-likeness (QED) is 0.833. The second-order valence-electron chi connectivity index (χ2n) is 5.51. The van der Waals surface area contributed by atoms with Gasteiger partial charge in [0, 0.05) is 11.5 Å². The van der Waals surface area contributed by atoms with Crippen molar-refractivity contribution in [3.05, 3.63) is 23.2 Å². The van der Waals surface area contributed by atoms with Crippen LogP contribution in [0.15, 0.2) is 10.5 Å². The number of nitrogens with one attached hydrogen (secondary N) is 1. The lowest BCUT2D eigenvalue weighted by molar-refractivity contribution is -0.125. The Kier molecular flexibility index (Phi) is 5.18. The fourth-order valence-electron chi connectivity index (χ4n) is 2.26. The van der Waals surface area contributed by atoms with Crippen molar-refractivity contribution in [1.29, 1.82) is 0 Å². The van der Waals surface area contributed by atoms with E-state index < -0.39 is 5.60 Å². The van der Waals surface area contributed by atoms with E-state index in [1.54, 1.807) is 6.92 Å². The molecule has 0 aromatic carbocycles. The number of rotatable bonds is 6. The number of carbonyl (C=O) groups is 1. The van der Waals surface area contributed by atoms with E-state index in [1.807, 2.05) is 26.8 Å². The average Bonchev–Trinajstić information content (AvgIpc) is 2.66. The predicted octanol–water partition coefficient (Wildman–Crippen LogP) is 2.66. The van der Waals surface area contributed by atoms with Crippen LogP contribution < -0.4 is 5.32 Å². The van der Waals surface area contributed by atoms with Crippen LogP contribution in [0.2, 0.25) is 0 Å². The van der Waals surface area contributed by atoms with Gasteiger partial charge >= 0.3 is 0 Å². The summed E-state index contributed by atoms with van der Waals surface area (Å²) in [5.74, 6) is 1.42. The van der Waals surface area contributed by atoms with Crippen LogP contribution in [0.25, 0.3) is 0 Å². The smallest absolute Gasteiger partial charge is 0.222 e. The van der Waals surface area contributed by atoms with Crippen LogP contribution in [-0.2, 0) is 10.4 Å². The third-order valence-corrected chi connectivity index (χ3v) is 3.40. The van der Waals surface area contributed by atoms with Gasteiger partial charge in [0.1, 0.15) is 17.1 Å². The molecular formula is C15H25NO3. The van der Waals surface area contributed by atoms with Crippen molar-refractivity contribution in [2.24, 2.45) is 5.92 Å². The van der Waals surface area contributed by atoms with E-state index in [2.05, 4.69) is 12.2 Å². The molecule has 1 aromatic rings. The van der Waals surface area contributed by atoms with Gasteiger partial charge in [-0.15, -0.1) is 0 Å². The summed E-state index contributed by atoms with van der Waals surface area (Å²) in [5.41, 5.74) is -0.378. The summed E-state index contributed by atoms with van der Waals surface area (Å²) in [6.45, 7) is 9.50. The minimum Gasteiger partial charge on any atom is -0.466 e. The van der Waals surface area contributed by atoms with Crippen molar-refractivity contribution in [3.8, 4) is 0 Å². The fourth-order valence-corrected chi connectivity index (χ4v) is 2.26. The van der Waals surface area contributed by atoms with Gasteiger partial charge in [0.05, 0.1) is 6.54 Å². The van der Waals surface area contributed by atoms with Crippen molar-refractivity contribution in [3.63, 3.8) is 0 Å². The van der Waals surface area contributed by atoms with Gasteiger partial charge in [-0.1, -0.05) is 20.3 Å². The zero-order chi connectivity index (χ0) is 14.6. The molecule has 2 N–H and O–H groups in total. The maximum absolute atomic E-state index is 11.9. The summed E-state index contributed by atoms with van der Waals surface area (Å²) >= 11 is 0. The molecule has 0 aliphatic heterocycles. The molecular weight excluding hydrogens is 242 g/mol. The molecule has 1 amide bonds. The molecule has 1 heterocycles. The summed E-state index contributed by atoms with van der Waals surface area (Å²) in [4.78, 5) is 11.9. The standard InChI is InChI=1S/C15H25NO3/c1-6-7-10(2)14(17)16-9-15(5,18)13-8-11(3)19-12(13)4/h8,10,18H,6-7,9H2,1-5H3,(H,16,17). The van der Waals surface area contributed by atoms with Gasteiger partial charge in [0.2, 0.25) is 5.91 Å². The lowest BCUT2D eigenvalue weighted by Gasteiger charge is -2.24. The molecule has 2 unspecified atom stereocenters. The monoisotopic (exact) mass is 267 g/mol. The lowest BCUT2D eigenvalue weighted by Crippen LogP contribution is -2.40. The number of furan rings is 1. The van der Waals surface area contributed by atoms with Gasteiger partial charge in [0.25, 0.3) is 0 Å². The molecule has 108 valence electrons. The molecule has 0 saturated heterocycles. The van der Waals surface area contributed by atoms with Crippen LogP contribution >= 0.6 is 0 Å². The predicted molar refractivity (Wildman–Crippen MR) is 74.8 cm³/mol. The van der Waals surface area contributed by atoms with Crippen LogP contribution in [0.3, 0.4) is 0 Å². The van der Waals surface area contributed by atoms with Gasteiger partial charge in [-0.2, -0.15) is 0 Å². The molecule has 1 aromatic heterocycles. The van der Waals surface area contributed by atoms with E-state index in [9.17, 15) is 9.90 Å². The minimum atomic E-state index is -1.11. The van der Waals surface area contributed by atoms with Crippen LogP contribution in [-0.4, -0.2) is 17.6 Å². The zero-order valence-electron chi connectivity index (χ0n) is 12.5. The van der Waals surface area contributed by atoms with Crippen molar-refractivity contribution in [2.45, 2.75) is 53.1 Å². The summed E-state index contributed by atoms with van der Waals surface area (Å²) in [6, 6.07) is 1.82. The summed E-state index contributed by atoms with van der Waals surface area (Å²) < 4.78 is 5.42. The topological polar surface area (TPSA) is 62.5 Å². The second kappa shape index (κ2) is 6.24. The number of amides is 1. The Morgan fingerprint density at radius 3 is 2.63 bits per heavy atom. The maximum atomic E-state index is 11.9. The van der Waals surface area contributed by atoms with Gasteiger partial charge in [0.15, 0.2) is 0 Å². The van der Waals surface area contributed by atoms with Crippen molar-refractivity contribution >= 4 is 5.91 Å². The molecule has 0 radical (unpaired) electrons. The Labute approximate surface area is 115 Å². The molecule has 19 heavy (non-hydrogen) atoms. The molecule has 0 aliphatic carbocycles. The Morgan fingerprint density at radius 2 is 2.16 bits per heavy atom. The Morgan fingerprint density at radius 1 is 1.53 bits per heavy atom. The highest BCUT2D eigenvalue weighted by molar-refractivity contribution is 5.78. The van der Waals surface area contributed by atoms with Crippen molar-refractivity contribution in [1.82, 2.24) is 5.32 Å². The number of hydrogen-bond donors (Lipinski definition) is 2. The fraction of sp³-hybridized carbons (Fsp3) is 0.667. The van der Waals surface area contributed by atoms with Gasteiger partial charge in [-0.25, -0.2) is 0 Å². The third kappa shape index (κ3) is 4.10. The number of carbonyl (C=O) groups excluding carboxylic acids is 1. The van der Waals surface area contributed by atoms with E-state index in [4.69, 9.17) is 4.42 Å². The second-order valence-corrected chi connectivity index (χ2v) is 5.51. The van der Waals surface area contributed by atoms with E-state index >= 15 is 0 Å². The normalized spacial score (nSPS) is 15.9. The molecule has 0 saturated carbocycles. The molecule has 0 spiro atoms. The van der Waals surface area contributed by atoms with Gasteiger partial charge < -0.3 is 14.8 Å². The van der Waals surface area contributed by atoms with Crippen molar-refractivity contribution < 1.29 is 14.3 Å². The molecule has 2 atom stereocenters. The van der Waals surface area contributed by atoms with E-state index in [1.165, 1.54) is 0 Å². The molecule has 0 fully saturated rings. The van der Waals surface area contributed by atoms with Crippen LogP contribution in [0.4, 0.5) is 0 Å². The summed E-state index contributed by atoms with van der Waals surface area (Å²) in [6.07, 6.45) is 1.84. The van der Waals surface area contributed by atoms with E-state index in [0.29, 0.717) is 5.76 Å². The summed E-state index contributed by atoms with van der Waals surface area (Å²) in [5, 5.41) is 13.3. The van der Waals surface area contributed by atoms with Crippen LogP contribution in [0.1, 0.15) is 50.7 Å². The van der Waals surface area contributed by atoms with Crippen molar-refractivity contribution in [2.75, 3.05) is 6.54 Å². The average molecular weight is 267 g/mol. The van der Waals surface area contributed by atoms with E-state index in [0.717, 1.165) is 24.2 Å². The highest BCUT2D eigenvalue weighted by Gasteiger charge is 2.28. The molecule has 4 heteroatoms. The number of aliphatic hydroxyl groups is 1. The zero-order valence-corrected chi connectivity index (χ0v) is 12.5. The third-order valence-electron chi connectivity index (χ3n) is 3.40. The Balaban J connectivity index is 2.65. The molecule has 0 aliphatic rings. The maximum Gasteiger partial charge on any atom is 0.222 e. The van der Waals surface area contributed by atoms with Crippen LogP contribution in [0, 0.1) is 19.8 Å². The highest BCUT2D eigenvalue weighted by Crippen LogP contribution is 2.26. The number of hydrogen-bond acceptors (Lipinski definition) is 3. The first-order valence-corrected chi connectivity index (χ1v) is 6.85. The van der Waals surface area contributed by atoms with Gasteiger partial charge in [-0.3, -0.25) is 4.79 Å². The highest BCUT2D eigenvalue weighted by atomic mass is 16.3. The molecule has 0 bridgehead atoms. The Bertz CT molecular complexity index is 435. The largest absolute Gasteiger partial charge is 0.466 e. The summed E-state index contributed by atoms with van der Waals surface area (Å²) in [7, 11) is 0.